The molecule has 38 heavy (non-hydrogen) atoms. The molecule has 4 aliphatic rings. The zero-order valence-corrected chi connectivity index (χ0v) is 23.6. The summed E-state index contributed by atoms with van der Waals surface area (Å²) in [7, 11) is 0. The molecule has 5 rings (SSSR count). The molecule has 6 heteroatoms. The average molecular weight is 525 g/mol. The first-order valence-electron chi connectivity index (χ1n) is 15.0. The lowest BCUT2D eigenvalue weighted by atomic mass is 9.43. The molecule has 0 unspecified atom stereocenters. The molecule has 0 spiro atoms. The lowest BCUT2D eigenvalue weighted by Gasteiger charge is -2.63. The van der Waals surface area contributed by atoms with Gasteiger partial charge in [-0.15, -0.1) is 0 Å². The first-order chi connectivity index (χ1) is 18.0. The summed E-state index contributed by atoms with van der Waals surface area (Å²) in [5, 5.41) is 37.6. The second-order valence-electron chi connectivity index (χ2n) is 13.7. The molecular weight excluding hydrogens is 476 g/mol. The Hall–Kier alpha value is -1.76. The molecule has 1 aromatic carbocycles. The van der Waals surface area contributed by atoms with Crippen LogP contribution in [-0.4, -0.2) is 45.8 Å². The zero-order valence-electron chi connectivity index (χ0n) is 23.6. The summed E-state index contributed by atoms with van der Waals surface area (Å²) in [6.45, 7) is 8.91. The molecule has 6 nitrogen and oxygen atoms in total. The van der Waals surface area contributed by atoms with Crippen molar-refractivity contribution in [1.29, 1.82) is 0 Å². The van der Waals surface area contributed by atoms with E-state index in [9.17, 15) is 20.1 Å². The van der Waals surface area contributed by atoms with Crippen LogP contribution in [0.4, 0.5) is 0 Å². The Morgan fingerprint density at radius 3 is 2.55 bits per heavy atom. The van der Waals surface area contributed by atoms with Crippen LogP contribution in [0.5, 0.6) is 0 Å². The number of benzene rings is 1. The van der Waals surface area contributed by atoms with E-state index in [1.165, 1.54) is 5.56 Å². The number of hydrazone groups is 1. The van der Waals surface area contributed by atoms with Crippen molar-refractivity contribution in [3.63, 3.8) is 0 Å². The highest BCUT2D eigenvalue weighted by Crippen LogP contribution is 2.68. The molecular formula is C32H48N2O4. The van der Waals surface area contributed by atoms with Crippen LogP contribution in [0.25, 0.3) is 0 Å². The summed E-state index contributed by atoms with van der Waals surface area (Å²) in [5.41, 5.74) is 4.66. The zero-order chi connectivity index (χ0) is 27.2. The number of hydrogen-bond donors (Lipinski definition) is 4. The monoisotopic (exact) mass is 524 g/mol. The second-order valence-corrected chi connectivity index (χ2v) is 13.7. The molecule has 0 radical (unpaired) electrons. The fraction of sp³-hybridized carbons (Fsp3) is 0.750. The molecule has 4 saturated carbocycles. The highest BCUT2D eigenvalue weighted by Gasteiger charge is 2.65. The van der Waals surface area contributed by atoms with Gasteiger partial charge in [0.2, 0.25) is 5.91 Å². The van der Waals surface area contributed by atoms with Crippen molar-refractivity contribution >= 4 is 12.1 Å². The maximum absolute atomic E-state index is 12.5. The Bertz CT molecular complexity index is 1030. The largest absolute Gasteiger partial charge is 0.393 e. The van der Waals surface area contributed by atoms with Gasteiger partial charge in [0.05, 0.1) is 24.5 Å². The van der Waals surface area contributed by atoms with Crippen molar-refractivity contribution in [2.45, 2.75) is 104 Å². The number of nitrogens with one attached hydrogen (secondary N) is 1. The van der Waals surface area contributed by atoms with Crippen molar-refractivity contribution in [3.8, 4) is 0 Å². The standard InChI is InChI=1S/C32H48N2O4/c1-19-5-8-21(9-6-19)18-33-34-29(38)12-7-20(2)24-10-11-25-30-26(17-28(37)32(24,25)4)31(3)14-13-23(35)15-22(31)16-27(30)36/h5-6,8-9,18,20,22-28,30,35-37H,7,10-17H2,1-4H3,(H,34,38)/b33-18+/t20-,22+,23-,24-,25+,26+,27-,28+,30+,31+,32-/m1/s1. The number of aryl methyl sites for hydroxylation is 1. The van der Waals surface area contributed by atoms with E-state index in [1.54, 1.807) is 6.21 Å². The number of rotatable bonds is 6. The predicted molar refractivity (Wildman–Crippen MR) is 149 cm³/mol. The summed E-state index contributed by atoms with van der Waals surface area (Å²) in [4.78, 5) is 12.5. The average Bonchev–Trinajstić information content (AvgIpc) is 3.24. The maximum atomic E-state index is 12.5. The van der Waals surface area contributed by atoms with Crippen LogP contribution in [-0.2, 0) is 4.79 Å². The van der Waals surface area contributed by atoms with Gasteiger partial charge in [-0.3, -0.25) is 4.79 Å². The molecule has 4 N–H and O–H groups in total. The van der Waals surface area contributed by atoms with E-state index >= 15 is 0 Å². The van der Waals surface area contributed by atoms with Gasteiger partial charge in [-0.25, -0.2) is 5.43 Å². The van der Waals surface area contributed by atoms with Gasteiger partial charge < -0.3 is 15.3 Å². The smallest absolute Gasteiger partial charge is 0.240 e. The summed E-state index contributed by atoms with van der Waals surface area (Å²) in [6, 6.07) is 8.00. The number of nitrogens with zero attached hydrogens (tertiary/aromatic N) is 1. The van der Waals surface area contributed by atoms with Crippen molar-refractivity contribution in [2.24, 2.45) is 51.4 Å². The molecule has 0 aromatic heterocycles. The lowest BCUT2D eigenvalue weighted by Crippen LogP contribution is -2.62. The van der Waals surface area contributed by atoms with Gasteiger partial charge in [-0.05, 0) is 110 Å². The number of aliphatic hydroxyl groups excluding tert-OH is 3. The summed E-state index contributed by atoms with van der Waals surface area (Å²) >= 11 is 0. The van der Waals surface area contributed by atoms with Crippen LogP contribution < -0.4 is 5.43 Å². The SMILES string of the molecule is Cc1ccc(/C=N/NC(=O)CC[C@@H](C)[C@H]2CC[C@H]3[C@@H]4[C@H](O)C[C@@H]5C[C@H](O)CC[C@]5(C)[C@H]4C[C@H](O)[C@]23C)cc1. The normalized spacial score (nSPS) is 43.2. The Balaban J connectivity index is 1.22. The van der Waals surface area contributed by atoms with Gasteiger partial charge in [0, 0.05) is 6.42 Å². The number of amides is 1. The van der Waals surface area contributed by atoms with E-state index in [-0.39, 0.29) is 34.9 Å². The third kappa shape index (κ3) is 4.86. The van der Waals surface area contributed by atoms with Crippen molar-refractivity contribution in [1.82, 2.24) is 5.43 Å². The number of carbonyl (C=O) groups excluding carboxylic acids is 1. The Labute approximate surface area is 228 Å². The van der Waals surface area contributed by atoms with Crippen LogP contribution in [0.2, 0.25) is 0 Å². The van der Waals surface area contributed by atoms with E-state index in [1.807, 2.05) is 31.2 Å². The van der Waals surface area contributed by atoms with E-state index in [0.29, 0.717) is 36.0 Å². The maximum Gasteiger partial charge on any atom is 0.240 e. The summed E-state index contributed by atoms with van der Waals surface area (Å²) in [6.07, 6.45) is 8.06. The molecule has 1 amide bonds. The number of aliphatic hydroxyl groups is 3. The van der Waals surface area contributed by atoms with Crippen LogP contribution >= 0.6 is 0 Å². The van der Waals surface area contributed by atoms with E-state index in [0.717, 1.165) is 56.9 Å². The van der Waals surface area contributed by atoms with Crippen LogP contribution in [0.15, 0.2) is 29.4 Å². The molecule has 0 bridgehead atoms. The van der Waals surface area contributed by atoms with Crippen molar-refractivity contribution in [2.75, 3.05) is 0 Å². The Kier molecular flexibility index (Phi) is 7.80. The quantitative estimate of drug-likeness (QED) is 0.316. The first kappa shape index (κ1) is 27.8. The number of hydrogen-bond acceptors (Lipinski definition) is 5. The van der Waals surface area contributed by atoms with E-state index < -0.39 is 6.10 Å². The van der Waals surface area contributed by atoms with Crippen molar-refractivity contribution in [3.05, 3.63) is 35.4 Å². The van der Waals surface area contributed by atoms with Gasteiger partial charge in [0.25, 0.3) is 0 Å². The molecule has 11 atom stereocenters. The van der Waals surface area contributed by atoms with E-state index in [4.69, 9.17) is 0 Å². The van der Waals surface area contributed by atoms with E-state index in [2.05, 4.69) is 31.3 Å². The molecule has 0 aliphatic heterocycles. The molecule has 0 saturated heterocycles. The minimum Gasteiger partial charge on any atom is -0.393 e. The lowest BCUT2D eigenvalue weighted by molar-refractivity contribution is -0.207. The minimum absolute atomic E-state index is 0.0784. The third-order valence-corrected chi connectivity index (χ3v) is 11.8. The Morgan fingerprint density at radius 2 is 1.82 bits per heavy atom. The van der Waals surface area contributed by atoms with Crippen LogP contribution in [0.3, 0.4) is 0 Å². The number of fused-ring (bicyclic) bond motifs is 5. The van der Waals surface area contributed by atoms with Gasteiger partial charge in [-0.1, -0.05) is 50.6 Å². The van der Waals surface area contributed by atoms with Crippen LogP contribution in [0, 0.1) is 53.3 Å². The Morgan fingerprint density at radius 1 is 1.08 bits per heavy atom. The minimum atomic E-state index is -0.397. The fourth-order valence-corrected chi connectivity index (χ4v) is 9.58. The van der Waals surface area contributed by atoms with Crippen molar-refractivity contribution < 1.29 is 20.1 Å². The van der Waals surface area contributed by atoms with Gasteiger partial charge >= 0.3 is 0 Å². The molecule has 4 aliphatic carbocycles. The fourth-order valence-electron chi connectivity index (χ4n) is 9.58. The van der Waals surface area contributed by atoms with Gasteiger partial charge in [-0.2, -0.15) is 5.10 Å². The summed E-state index contributed by atoms with van der Waals surface area (Å²) < 4.78 is 0. The molecule has 0 heterocycles. The van der Waals surface area contributed by atoms with Gasteiger partial charge in [0.1, 0.15) is 0 Å². The second kappa shape index (κ2) is 10.7. The third-order valence-electron chi connectivity index (χ3n) is 11.8. The highest BCUT2D eigenvalue weighted by molar-refractivity contribution is 5.82. The number of carbonyl (C=O) groups is 1. The topological polar surface area (TPSA) is 102 Å². The predicted octanol–water partition coefficient (Wildman–Crippen LogP) is 4.82. The molecule has 210 valence electrons. The van der Waals surface area contributed by atoms with Gasteiger partial charge in [0.15, 0.2) is 0 Å². The summed E-state index contributed by atoms with van der Waals surface area (Å²) in [5.74, 6) is 1.72. The molecule has 1 aromatic rings. The van der Waals surface area contributed by atoms with Crippen LogP contribution in [0.1, 0.15) is 89.7 Å². The first-order valence-corrected chi connectivity index (χ1v) is 15.0. The highest BCUT2D eigenvalue weighted by atomic mass is 16.3. The molecule has 4 fully saturated rings.